The van der Waals surface area contributed by atoms with Gasteiger partial charge < -0.3 is 15.1 Å². The lowest BCUT2D eigenvalue weighted by molar-refractivity contribution is -0.130. The predicted molar refractivity (Wildman–Crippen MR) is 71.9 cm³/mol. The van der Waals surface area contributed by atoms with E-state index in [9.17, 15) is 4.79 Å². The molecule has 1 unspecified atom stereocenters. The van der Waals surface area contributed by atoms with Crippen LogP contribution in [0.3, 0.4) is 0 Å². The van der Waals surface area contributed by atoms with Crippen LogP contribution in [-0.4, -0.2) is 55.6 Å². The second kappa shape index (κ2) is 5.54. The molecule has 1 aromatic rings. The first-order valence-electron chi connectivity index (χ1n) is 5.89. The number of likely N-dealkylation sites (N-methyl/N-ethyl adjacent to an activating group) is 1. The van der Waals surface area contributed by atoms with E-state index in [1.807, 2.05) is 11.0 Å². The summed E-state index contributed by atoms with van der Waals surface area (Å²) in [5, 5.41) is 3.84. The lowest BCUT2D eigenvalue weighted by Crippen LogP contribution is -2.58. The third-order valence-corrected chi connectivity index (χ3v) is 3.20. The maximum absolute atomic E-state index is 12.1. The average Bonchev–Trinajstić information content (AvgIpc) is 2.39. The lowest BCUT2D eigenvalue weighted by Gasteiger charge is -2.37. The topological polar surface area (TPSA) is 48.5 Å². The van der Waals surface area contributed by atoms with Crippen molar-refractivity contribution in [3.05, 3.63) is 23.4 Å². The number of nitrogens with one attached hydrogen (secondary N) is 1. The van der Waals surface area contributed by atoms with Crippen molar-refractivity contribution in [3.63, 3.8) is 0 Å². The summed E-state index contributed by atoms with van der Waals surface area (Å²) >= 11 is 5.83. The molecule has 6 heteroatoms. The van der Waals surface area contributed by atoms with E-state index in [4.69, 9.17) is 11.6 Å². The van der Waals surface area contributed by atoms with E-state index in [0.29, 0.717) is 11.6 Å². The molecule has 2 heterocycles. The molecule has 18 heavy (non-hydrogen) atoms. The average molecular weight is 269 g/mol. The van der Waals surface area contributed by atoms with Crippen LogP contribution in [0.1, 0.15) is 0 Å². The summed E-state index contributed by atoms with van der Waals surface area (Å²) in [5.74, 6) is 0.875. The first kappa shape index (κ1) is 13.1. The van der Waals surface area contributed by atoms with Crippen LogP contribution in [0.5, 0.6) is 0 Å². The van der Waals surface area contributed by atoms with Crippen LogP contribution in [0.2, 0.25) is 5.02 Å². The minimum absolute atomic E-state index is 0.0824. The monoisotopic (exact) mass is 268 g/mol. The summed E-state index contributed by atoms with van der Waals surface area (Å²) in [6, 6.07) is 3.44. The van der Waals surface area contributed by atoms with Crippen molar-refractivity contribution in [1.29, 1.82) is 0 Å². The van der Waals surface area contributed by atoms with Gasteiger partial charge in [-0.2, -0.15) is 0 Å². The molecule has 1 atom stereocenters. The van der Waals surface area contributed by atoms with Crippen LogP contribution < -0.4 is 10.2 Å². The Hall–Kier alpha value is -1.33. The van der Waals surface area contributed by atoms with E-state index >= 15 is 0 Å². The maximum atomic E-state index is 12.1. The molecule has 1 aliphatic heterocycles. The van der Waals surface area contributed by atoms with Gasteiger partial charge in [-0.1, -0.05) is 11.6 Å². The Balaban J connectivity index is 2.22. The van der Waals surface area contributed by atoms with E-state index in [1.54, 1.807) is 31.3 Å². The standard InChI is InChI=1S/C12H17ClN4O/c1-16(2)12(18)10-8-14-5-6-17(10)11-4-3-9(13)7-15-11/h3-4,7,10,14H,5-6,8H2,1-2H3. The Bertz CT molecular complexity index is 421. The molecule has 0 saturated carbocycles. The number of nitrogens with zero attached hydrogens (tertiary/aromatic N) is 3. The predicted octanol–water partition coefficient (Wildman–Crippen LogP) is 0.601. The third kappa shape index (κ3) is 2.73. The van der Waals surface area contributed by atoms with Crippen LogP contribution in [0, 0.1) is 0 Å². The van der Waals surface area contributed by atoms with Crippen LogP contribution >= 0.6 is 11.6 Å². The van der Waals surface area contributed by atoms with Crippen molar-refractivity contribution in [1.82, 2.24) is 15.2 Å². The third-order valence-electron chi connectivity index (χ3n) is 2.98. The van der Waals surface area contributed by atoms with Crippen molar-refractivity contribution in [3.8, 4) is 0 Å². The summed E-state index contributed by atoms with van der Waals surface area (Å²) in [4.78, 5) is 20.1. The van der Waals surface area contributed by atoms with E-state index in [-0.39, 0.29) is 11.9 Å². The molecule has 0 spiro atoms. The van der Waals surface area contributed by atoms with Gasteiger partial charge in [0.05, 0.1) is 5.02 Å². The quantitative estimate of drug-likeness (QED) is 0.854. The summed E-state index contributed by atoms with van der Waals surface area (Å²) in [6.45, 7) is 2.25. The molecule has 0 aliphatic carbocycles. The summed E-state index contributed by atoms with van der Waals surface area (Å²) < 4.78 is 0. The molecule has 1 saturated heterocycles. The molecule has 1 aliphatic rings. The second-order valence-corrected chi connectivity index (χ2v) is 4.92. The van der Waals surface area contributed by atoms with Crippen molar-refractivity contribution in [2.75, 3.05) is 38.6 Å². The Morgan fingerprint density at radius 2 is 2.33 bits per heavy atom. The maximum Gasteiger partial charge on any atom is 0.246 e. The fourth-order valence-electron chi connectivity index (χ4n) is 2.04. The Kier molecular flexibility index (Phi) is 4.04. The summed E-state index contributed by atoms with van der Waals surface area (Å²) in [5.41, 5.74) is 0. The largest absolute Gasteiger partial charge is 0.347 e. The van der Waals surface area contributed by atoms with Gasteiger partial charge in [0.2, 0.25) is 5.91 Å². The number of halogens is 1. The first-order chi connectivity index (χ1) is 8.59. The molecule has 0 aromatic carbocycles. The molecule has 1 N–H and O–H groups in total. The van der Waals surface area contributed by atoms with Gasteiger partial charge in [0.1, 0.15) is 11.9 Å². The fraction of sp³-hybridized carbons (Fsp3) is 0.500. The molecule has 1 aromatic heterocycles. The number of pyridine rings is 1. The van der Waals surface area contributed by atoms with Crippen molar-refractivity contribution >= 4 is 23.3 Å². The number of piperazine rings is 1. The number of hydrogen-bond donors (Lipinski definition) is 1. The van der Waals surface area contributed by atoms with Gasteiger partial charge in [0.15, 0.2) is 0 Å². The Morgan fingerprint density at radius 3 is 2.94 bits per heavy atom. The smallest absolute Gasteiger partial charge is 0.246 e. The normalized spacial score (nSPS) is 19.7. The van der Waals surface area contributed by atoms with Crippen LogP contribution in [0.4, 0.5) is 5.82 Å². The highest BCUT2D eigenvalue weighted by Gasteiger charge is 2.30. The molecule has 0 bridgehead atoms. The van der Waals surface area contributed by atoms with Gasteiger partial charge in [-0.3, -0.25) is 4.79 Å². The molecule has 98 valence electrons. The highest BCUT2D eigenvalue weighted by Crippen LogP contribution is 2.18. The number of amides is 1. The zero-order valence-corrected chi connectivity index (χ0v) is 11.3. The van der Waals surface area contributed by atoms with Crippen molar-refractivity contribution < 1.29 is 4.79 Å². The van der Waals surface area contributed by atoms with E-state index in [0.717, 1.165) is 18.9 Å². The molecular weight excluding hydrogens is 252 g/mol. The summed E-state index contributed by atoms with van der Waals surface area (Å²) in [7, 11) is 3.54. The van der Waals surface area contributed by atoms with E-state index in [2.05, 4.69) is 10.3 Å². The first-order valence-corrected chi connectivity index (χ1v) is 6.27. The van der Waals surface area contributed by atoms with Crippen molar-refractivity contribution in [2.45, 2.75) is 6.04 Å². The number of carbonyl (C=O) groups excluding carboxylic acids is 1. The Labute approximate surface area is 112 Å². The van der Waals surface area contributed by atoms with Gasteiger partial charge in [0, 0.05) is 39.9 Å². The van der Waals surface area contributed by atoms with E-state index in [1.165, 1.54) is 0 Å². The zero-order chi connectivity index (χ0) is 13.1. The minimum Gasteiger partial charge on any atom is -0.347 e. The van der Waals surface area contributed by atoms with Gasteiger partial charge in [-0.15, -0.1) is 0 Å². The molecule has 1 fully saturated rings. The fourth-order valence-corrected chi connectivity index (χ4v) is 2.15. The number of rotatable bonds is 2. The second-order valence-electron chi connectivity index (χ2n) is 4.48. The highest BCUT2D eigenvalue weighted by atomic mass is 35.5. The molecule has 1 amide bonds. The molecular formula is C12H17ClN4O. The van der Waals surface area contributed by atoms with Crippen LogP contribution in [-0.2, 0) is 4.79 Å². The minimum atomic E-state index is -0.206. The zero-order valence-electron chi connectivity index (χ0n) is 10.6. The molecule has 5 nitrogen and oxygen atoms in total. The van der Waals surface area contributed by atoms with Crippen molar-refractivity contribution in [2.24, 2.45) is 0 Å². The number of anilines is 1. The van der Waals surface area contributed by atoms with Gasteiger partial charge >= 0.3 is 0 Å². The number of carbonyl (C=O) groups is 1. The van der Waals surface area contributed by atoms with Crippen LogP contribution in [0.15, 0.2) is 18.3 Å². The SMILES string of the molecule is CN(C)C(=O)C1CNCCN1c1ccc(Cl)cn1. The molecule has 2 rings (SSSR count). The highest BCUT2D eigenvalue weighted by molar-refractivity contribution is 6.30. The van der Waals surface area contributed by atoms with Gasteiger partial charge in [-0.25, -0.2) is 4.98 Å². The van der Waals surface area contributed by atoms with Gasteiger partial charge in [0.25, 0.3) is 0 Å². The van der Waals surface area contributed by atoms with Crippen LogP contribution in [0.25, 0.3) is 0 Å². The van der Waals surface area contributed by atoms with Gasteiger partial charge in [-0.05, 0) is 12.1 Å². The number of aromatic nitrogens is 1. The number of hydrogen-bond acceptors (Lipinski definition) is 4. The summed E-state index contributed by atoms with van der Waals surface area (Å²) in [6.07, 6.45) is 1.61. The lowest BCUT2D eigenvalue weighted by atomic mass is 10.1. The van der Waals surface area contributed by atoms with E-state index < -0.39 is 0 Å². The Morgan fingerprint density at radius 1 is 1.56 bits per heavy atom. The molecule has 0 radical (unpaired) electrons.